The van der Waals surface area contributed by atoms with Crippen LogP contribution < -0.4 is 16.6 Å². The lowest BCUT2D eigenvalue weighted by Gasteiger charge is -2.39. The Morgan fingerprint density at radius 1 is 1.19 bits per heavy atom. The number of fused-ring (bicyclic) bond motifs is 1. The molecule has 0 spiro atoms. The number of carbonyl (C=O) groups excluding carboxylic acids is 1. The average molecular weight is 366 g/mol. The first-order valence-corrected chi connectivity index (χ1v) is 9.12. The Hall–Kier alpha value is -2.96. The van der Waals surface area contributed by atoms with E-state index in [4.69, 9.17) is 0 Å². The van der Waals surface area contributed by atoms with Gasteiger partial charge >= 0.3 is 5.69 Å². The van der Waals surface area contributed by atoms with Gasteiger partial charge in [0, 0.05) is 42.5 Å². The predicted octanol–water partition coefficient (Wildman–Crippen LogP) is 2.15. The van der Waals surface area contributed by atoms with Gasteiger partial charge in [-0.2, -0.15) is 0 Å². The first kappa shape index (κ1) is 17.5. The second kappa shape index (κ2) is 6.04. The summed E-state index contributed by atoms with van der Waals surface area (Å²) in [7, 11) is 0. The number of pyridine rings is 1. The predicted molar refractivity (Wildman–Crippen MR) is 102 cm³/mol. The lowest BCUT2D eigenvalue weighted by molar-refractivity contribution is -0.118. The van der Waals surface area contributed by atoms with Crippen LogP contribution in [0.5, 0.6) is 0 Å². The van der Waals surface area contributed by atoms with Crippen LogP contribution >= 0.6 is 0 Å². The van der Waals surface area contributed by atoms with Crippen LogP contribution in [0.1, 0.15) is 50.7 Å². The second-order valence-electron chi connectivity index (χ2n) is 7.94. The standard InChI is InChI=1S/C20H22N4O3/c1-4-24-17-16(18(26)23-19(24)27)14(11-5-7-21-8-6-11)15-12(22-17)9-20(2,3)10-13(15)25/h5-8,14,22H,4,9-10H2,1-3H3,(H,23,26,27). The Kier molecular flexibility index (Phi) is 3.91. The highest BCUT2D eigenvalue weighted by atomic mass is 16.2. The van der Waals surface area contributed by atoms with E-state index < -0.39 is 17.2 Å². The Morgan fingerprint density at radius 2 is 1.89 bits per heavy atom. The van der Waals surface area contributed by atoms with Gasteiger partial charge in [-0.3, -0.25) is 24.1 Å². The molecule has 140 valence electrons. The normalized spacial score (nSPS) is 20.7. The van der Waals surface area contributed by atoms with Crippen molar-refractivity contribution in [1.29, 1.82) is 0 Å². The summed E-state index contributed by atoms with van der Waals surface area (Å²) in [6.45, 7) is 6.37. The van der Waals surface area contributed by atoms with E-state index >= 15 is 0 Å². The number of Topliss-reactive ketones (excluding diaryl/α,β-unsaturated/α-hetero) is 1. The molecule has 1 unspecified atom stereocenters. The van der Waals surface area contributed by atoms with Crippen LogP contribution in [0.25, 0.3) is 0 Å². The zero-order chi connectivity index (χ0) is 19.3. The summed E-state index contributed by atoms with van der Waals surface area (Å²) in [6.07, 6.45) is 4.41. The van der Waals surface area contributed by atoms with Gasteiger partial charge in [0.25, 0.3) is 5.56 Å². The van der Waals surface area contributed by atoms with Crippen LogP contribution in [0.15, 0.2) is 45.4 Å². The second-order valence-corrected chi connectivity index (χ2v) is 7.94. The molecule has 7 heteroatoms. The number of nitrogens with zero attached hydrogens (tertiary/aromatic N) is 2. The zero-order valence-corrected chi connectivity index (χ0v) is 15.6. The molecule has 1 atom stereocenters. The number of rotatable bonds is 2. The zero-order valence-electron chi connectivity index (χ0n) is 15.6. The summed E-state index contributed by atoms with van der Waals surface area (Å²) >= 11 is 0. The Morgan fingerprint density at radius 3 is 2.56 bits per heavy atom. The highest BCUT2D eigenvalue weighted by Crippen LogP contribution is 2.47. The molecule has 0 radical (unpaired) electrons. The maximum absolute atomic E-state index is 13.1. The van der Waals surface area contributed by atoms with Crippen molar-refractivity contribution < 1.29 is 4.79 Å². The Bertz CT molecular complexity index is 1080. The van der Waals surface area contributed by atoms with E-state index in [2.05, 4.69) is 29.1 Å². The average Bonchev–Trinajstić information content (AvgIpc) is 2.60. The molecule has 0 saturated carbocycles. The number of H-pyrrole nitrogens is 1. The number of nitrogens with one attached hydrogen (secondary N) is 2. The molecule has 2 aliphatic rings. The topological polar surface area (TPSA) is 96.8 Å². The largest absolute Gasteiger partial charge is 0.344 e. The van der Waals surface area contributed by atoms with Crippen molar-refractivity contribution >= 4 is 11.6 Å². The number of allylic oxidation sites excluding steroid dienone is 2. The van der Waals surface area contributed by atoms with Gasteiger partial charge in [0.15, 0.2) is 5.78 Å². The van der Waals surface area contributed by atoms with E-state index in [1.807, 2.05) is 19.1 Å². The molecule has 0 fully saturated rings. The van der Waals surface area contributed by atoms with Gasteiger partial charge in [-0.05, 0) is 36.5 Å². The van der Waals surface area contributed by atoms with Crippen LogP contribution in [-0.2, 0) is 11.3 Å². The molecule has 0 bridgehead atoms. The lowest BCUT2D eigenvalue weighted by Crippen LogP contribution is -2.41. The van der Waals surface area contributed by atoms with Crippen molar-refractivity contribution in [2.45, 2.75) is 46.1 Å². The number of aromatic nitrogens is 3. The minimum Gasteiger partial charge on any atom is -0.344 e. The van der Waals surface area contributed by atoms with Crippen molar-refractivity contribution in [1.82, 2.24) is 14.5 Å². The van der Waals surface area contributed by atoms with E-state index in [9.17, 15) is 14.4 Å². The fourth-order valence-corrected chi connectivity index (χ4v) is 4.25. The smallest absolute Gasteiger partial charge is 0.329 e. The number of aromatic amines is 1. The molecular formula is C20H22N4O3. The van der Waals surface area contributed by atoms with Crippen molar-refractivity contribution in [3.8, 4) is 0 Å². The van der Waals surface area contributed by atoms with E-state index in [0.29, 0.717) is 36.3 Å². The molecule has 0 aromatic carbocycles. The summed E-state index contributed by atoms with van der Waals surface area (Å²) in [5.74, 6) is 0.0113. The number of hydrogen-bond acceptors (Lipinski definition) is 5. The minimum absolute atomic E-state index is 0.0369. The van der Waals surface area contributed by atoms with Gasteiger partial charge in [0.2, 0.25) is 0 Å². The molecule has 27 heavy (non-hydrogen) atoms. The van der Waals surface area contributed by atoms with Gasteiger partial charge < -0.3 is 5.32 Å². The molecule has 4 rings (SSSR count). The quantitative estimate of drug-likeness (QED) is 0.849. The van der Waals surface area contributed by atoms with E-state index in [1.165, 1.54) is 4.57 Å². The molecule has 1 aliphatic carbocycles. The fraction of sp³-hybridized carbons (Fsp3) is 0.400. The number of carbonyl (C=O) groups is 1. The van der Waals surface area contributed by atoms with Crippen LogP contribution in [0.3, 0.4) is 0 Å². The summed E-state index contributed by atoms with van der Waals surface area (Å²) in [5.41, 5.74) is 1.57. The van der Waals surface area contributed by atoms with Gasteiger partial charge in [0.05, 0.1) is 5.56 Å². The van der Waals surface area contributed by atoms with Gasteiger partial charge in [-0.1, -0.05) is 13.8 Å². The van der Waals surface area contributed by atoms with Crippen LogP contribution in [0.4, 0.5) is 5.82 Å². The van der Waals surface area contributed by atoms with Crippen molar-refractivity contribution in [3.63, 3.8) is 0 Å². The first-order valence-electron chi connectivity index (χ1n) is 9.12. The fourth-order valence-electron chi connectivity index (χ4n) is 4.25. The third kappa shape index (κ3) is 2.74. The maximum atomic E-state index is 13.1. The molecule has 3 heterocycles. The number of anilines is 1. The van der Waals surface area contributed by atoms with Crippen molar-refractivity contribution in [2.24, 2.45) is 5.41 Å². The van der Waals surface area contributed by atoms with Gasteiger partial charge in [-0.15, -0.1) is 0 Å². The highest BCUT2D eigenvalue weighted by molar-refractivity contribution is 6.01. The highest BCUT2D eigenvalue weighted by Gasteiger charge is 2.42. The van der Waals surface area contributed by atoms with Crippen LogP contribution in [0, 0.1) is 5.41 Å². The van der Waals surface area contributed by atoms with Crippen LogP contribution in [-0.4, -0.2) is 20.3 Å². The SMILES string of the molecule is CCn1c2c(c(=O)[nH]c1=O)C(c1ccncc1)C1=C(CC(C)(C)CC1=O)N2. The summed E-state index contributed by atoms with van der Waals surface area (Å²) in [4.78, 5) is 44.6. The minimum atomic E-state index is -0.509. The Balaban J connectivity index is 2.06. The summed E-state index contributed by atoms with van der Waals surface area (Å²) in [5, 5.41) is 3.27. The number of hydrogen-bond donors (Lipinski definition) is 2. The third-order valence-electron chi connectivity index (χ3n) is 5.36. The number of ketones is 1. The van der Waals surface area contributed by atoms with E-state index in [1.54, 1.807) is 12.4 Å². The molecule has 2 aromatic heterocycles. The van der Waals surface area contributed by atoms with Crippen molar-refractivity contribution in [3.05, 3.63) is 67.8 Å². The first-order chi connectivity index (χ1) is 12.8. The van der Waals surface area contributed by atoms with E-state index in [-0.39, 0.29) is 11.2 Å². The third-order valence-corrected chi connectivity index (χ3v) is 5.36. The summed E-state index contributed by atoms with van der Waals surface area (Å²) in [6, 6.07) is 3.64. The molecular weight excluding hydrogens is 344 g/mol. The lowest BCUT2D eigenvalue weighted by atomic mass is 9.69. The molecule has 2 aromatic rings. The summed E-state index contributed by atoms with van der Waals surface area (Å²) < 4.78 is 1.51. The van der Waals surface area contributed by atoms with Gasteiger partial charge in [-0.25, -0.2) is 4.79 Å². The van der Waals surface area contributed by atoms with Gasteiger partial charge in [0.1, 0.15) is 5.82 Å². The van der Waals surface area contributed by atoms with Crippen LogP contribution in [0.2, 0.25) is 0 Å². The molecule has 2 N–H and O–H groups in total. The Labute approximate surface area is 156 Å². The van der Waals surface area contributed by atoms with Crippen molar-refractivity contribution in [2.75, 3.05) is 5.32 Å². The van der Waals surface area contributed by atoms with E-state index in [0.717, 1.165) is 11.3 Å². The molecule has 7 nitrogen and oxygen atoms in total. The molecule has 0 amide bonds. The molecule has 0 saturated heterocycles. The maximum Gasteiger partial charge on any atom is 0.329 e. The monoisotopic (exact) mass is 366 g/mol. The molecule has 1 aliphatic heterocycles.